The van der Waals surface area contributed by atoms with Crippen molar-refractivity contribution >= 4 is 11.8 Å². The van der Waals surface area contributed by atoms with E-state index in [0.717, 1.165) is 19.4 Å². The molecule has 0 amide bonds. The first-order valence-corrected chi connectivity index (χ1v) is 7.67. The number of piperidine rings is 1. The molecule has 2 unspecified atom stereocenters. The van der Waals surface area contributed by atoms with Crippen LogP contribution in [-0.4, -0.2) is 47.4 Å². The van der Waals surface area contributed by atoms with Crippen molar-refractivity contribution < 1.29 is 13.2 Å². The Hall–Kier alpha value is 0.0600. The lowest BCUT2D eigenvalue weighted by Gasteiger charge is -2.37. The van der Waals surface area contributed by atoms with Crippen LogP contribution >= 0.6 is 11.8 Å². The number of rotatable bonds is 5. The van der Waals surface area contributed by atoms with E-state index in [0.29, 0.717) is 24.7 Å². The molecule has 1 N–H and O–H groups in total. The summed E-state index contributed by atoms with van der Waals surface area (Å²) in [6.07, 6.45) is 4.66. The quantitative estimate of drug-likeness (QED) is 0.835. The van der Waals surface area contributed by atoms with Crippen molar-refractivity contribution in [1.29, 1.82) is 0 Å². The lowest BCUT2D eigenvalue weighted by molar-refractivity contribution is -0.0329. The van der Waals surface area contributed by atoms with Crippen LogP contribution in [0.5, 0.6) is 0 Å². The predicted molar refractivity (Wildman–Crippen MR) is 68.7 cm³/mol. The molecule has 0 radical (unpaired) electrons. The van der Waals surface area contributed by atoms with Crippen LogP contribution in [-0.2, 0) is 0 Å². The number of halogens is 3. The summed E-state index contributed by atoms with van der Waals surface area (Å²) in [5, 5.41) is 3.57. The van der Waals surface area contributed by atoms with E-state index in [-0.39, 0.29) is 17.5 Å². The summed E-state index contributed by atoms with van der Waals surface area (Å²) in [5.74, 6) is 0.149. The van der Waals surface area contributed by atoms with Gasteiger partial charge in [0.1, 0.15) is 0 Å². The van der Waals surface area contributed by atoms with Crippen molar-refractivity contribution in [2.45, 2.75) is 56.2 Å². The third kappa shape index (κ3) is 4.03. The van der Waals surface area contributed by atoms with Gasteiger partial charge in [-0.2, -0.15) is 13.2 Å². The van der Waals surface area contributed by atoms with Crippen molar-refractivity contribution in [1.82, 2.24) is 10.2 Å². The Labute approximate surface area is 111 Å². The average molecular weight is 282 g/mol. The molecule has 2 bridgehead atoms. The third-order valence-electron chi connectivity index (χ3n) is 4.01. The first-order chi connectivity index (χ1) is 8.48. The zero-order valence-corrected chi connectivity index (χ0v) is 11.5. The highest BCUT2D eigenvalue weighted by atomic mass is 32.2. The molecule has 2 saturated heterocycles. The second kappa shape index (κ2) is 6.01. The summed E-state index contributed by atoms with van der Waals surface area (Å²) < 4.78 is 36.4. The largest absolute Gasteiger partial charge is 0.441 e. The summed E-state index contributed by atoms with van der Waals surface area (Å²) in [5.41, 5.74) is -4.09. The fraction of sp³-hybridized carbons (Fsp3) is 1.00. The molecular weight excluding hydrogens is 261 g/mol. The third-order valence-corrected chi connectivity index (χ3v) is 4.73. The fourth-order valence-electron chi connectivity index (χ4n) is 3.20. The lowest BCUT2D eigenvalue weighted by atomic mass is 9.98. The van der Waals surface area contributed by atoms with E-state index in [1.54, 1.807) is 0 Å². The molecule has 2 heterocycles. The molecule has 18 heavy (non-hydrogen) atoms. The molecule has 2 atom stereocenters. The van der Waals surface area contributed by atoms with Gasteiger partial charge in [-0.25, -0.2) is 0 Å². The van der Waals surface area contributed by atoms with Gasteiger partial charge in [-0.15, -0.1) is 0 Å². The van der Waals surface area contributed by atoms with Crippen LogP contribution in [0.2, 0.25) is 0 Å². The number of nitrogens with one attached hydrogen (secondary N) is 1. The number of hydrogen-bond donors (Lipinski definition) is 1. The van der Waals surface area contributed by atoms with E-state index in [4.69, 9.17) is 0 Å². The van der Waals surface area contributed by atoms with Crippen LogP contribution in [0.15, 0.2) is 0 Å². The number of alkyl halides is 3. The summed E-state index contributed by atoms with van der Waals surface area (Å²) in [4.78, 5) is 2.23. The van der Waals surface area contributed by atoms with E-state index < -0.39 is 5.51 Å². The Bertz CT molecular complexity index is 261. The van der Waals surface area contributed by atoms with Crippen molar-refractivity contribution in [2.24, 2.45) is 0 Å². The zero-order chi connectivity index (χ0) is 13.2. The van der Waals surface area contributed by atoms with Gasteiger partial charge in [0.05, 0.1) is 0 Å². The van der Waals surface area contributed by atoms with Crippen LogP contribution in [0.1, 0.15) is 32.6 Å². The zero-order valence-electron chi connectivity index (χ0n) is 10.7. The van der Waals surface area contributed by atoms with Gasteiger partial charge in [-0.1, -0.05) is 6.92 Å². The number of fused-ring (bicyclic) bond motifs is 2. The molecular formula is C12H21F3N2S. The van der Waals surface area contributed by atoms with Crippen LogP contribution in [0, 0.1) is 0 Å². The second-order valence-corrected chi connectivity index (χ2v) is 6.35. The van der Waals surface area contributed by atoms with Crippen molar-refractivity contribution in [3.05, 3.63) is 0 Å². The summed E-state index contributed by atoms with van der Waals surface area (Å²) in [7, 11) is 0. The molecule has 2 aliphatic rings. The van der Waals surface area contributed by atoms with E-state index in [2.05, 4.69) is 10.2 Å². The first-order valence-electron chi connectivity index (χ1n) is 6.68. The first kappa shape index (κ1) is 14.5. The lowest BCUT2D eigenvalue weighted by Crippen LogP contribution is -2.48. The number of nitrogens with zero attached hydrogens (tertiary/aromatic N) is 1. The van der Waals surface area contributed by atoms with E-state index in [1.165, 1.54) is 12.8 Å². The van der Waals surface area contributed by atoms with Crippen LogP contribution in [0.25, 0.3) is 0 Å². The molecule has 0 spiro atoms. The Kier molecular flexibility index (Phi) is 4.83. The van der Waals surface area contributed by atoms with Gasteiger partial charge in [0.2, 0.25) is 0 Å². The van der Waals surface area contributed by atoms with Gasteiger partial charge >= 0.3 is 5.51 Å². The number of thioether (sulfide) groups is 1. The topological polar surface area (TPSA) is 15.3 Å². The standard InChI is InChI=1S/C12H21F3N2S/c1-2-17(5-6-18-12(13,14)15)11-7-9-3-4-10(8-11)16-9/h9-11,16H,2-8H2,1H3. The molecule has 6 heteroatoms. The van der Waals surface area contributed by atoms with Crippen molar-refractivity contribution in [3.8, 4) is 0 Å². The van der Waals surface area contributed by atoms with E-state index >= 15 is 0 Å². The Balaban J connectivity index is 1.78. The minimum atomic E-state index is -4.09. The van der Waals surface area contributed by atoms with Crippen LogP contribution < -0.4 is 5.32 Å². The molecule has 2 aliphatic heterocycles. The molecule has 0 saturated carbocycles. The fourth-order valence-corrected chi connectivity index (χ4v) is 3.76. The van der Waals surface area contributed by atoms with Gasteiger partial charge < -0.3 is 5.32 Å². The highest BCUT2D eigenvalue weighted by molar-refractivity contribution is 8.00. The van der Waals surface area contributed by atoms with Gasteiger partial charge in [-0.05, 0) is 44.0 Å². The molecule has 0 aliphatic carbocycles. The molecule has 2 fully saturated rings. The Morgan fingerprint density at radius 1 is 1.22 bits per heavy atom. The maximum atomic E-state index is 12.1. The summed E-state index contributed by atoms with van der Waals surface area (Å²) in [6.45, 7) is 3.44. The highest BCUT2D eigenvalue weighted by Gasteiger charge is 2.36. The van der Waals surface area contributed by atoms with E-state index in [9.17, 15) is 13.2 Å². The predicted octanol–water partition coefficient (Wildman–Crippen LogP) is 2.84. The van der Waals surface area contributed by atoms with Crippen molar-refractivity contribution in [2.75, 3.05) is 18.8 Å². The highest BCUT2D eigenvalue weighted by Crippen LogP contribution is 2.32. The Morgan fingerprint density at radius 3 is 2.33 bits per heavy atom. The number of hydrogen-bond acceptors (Lipinski definition) is 3. The maximum absolute atomic E-state index is 12.1. The van der Waals surface area contributed by atoms with Gasteiger partial charge in [0.25, 0.3) is 0 Å². The molecule has 106 valence electrons. The molecule has 2 rings (SSSR count). The smallest absolute Gasteiger partial charge is 0.311 e. The molecule has 0 aromatic rings. The average Bonchev–Trinajstić information content (AvgIpc) is 2.62. The molecule has 0 aromatic carbocycles. The van der Waals surface area contributed by atoms with Crippen molar-refractivity contribution in [3.63, 3.8) is 0 Å². The summed E-state index contributed by atoms with van der Waals surface area (Å²) in [6, 6.07) is 1.67. The molecule has 2 nitrogen and oxygen atoms in total. The van der Waals surface area contributed by atoms with Gasteiger partial charge in [0.15, 0.2) is 0 Å². The van der Waals surface area contributed by atoms with Crippen LogP contribution in [0.4, 0.5) is 13.2 Å². The minimum Gasteiger partial charge on any atom is -0.311 e. The van der Waals surface area contributed by atoms with Gasteiger partial charge in [-0.3, -0.25) is 4.90 Å². The molecule has 0 aromatic heterocycles. The SMILES string of the molecule is CCN(CCSC(F)(F)F)C1CC2CCC(C1)N2. The maximum Gasteiger partial charge on any atom is 0.441 e. The Morgan fingerprint density at radius 2 is 1.83 bits per heavy atom. The van der Waals surface area contributed by atoms with Gasteiger partial charge in [0, 0.05) is 30.4 Å². The minimum absolute atomic E-state index is 0.101. The van der Waals surface area contributed by atoms with E-state index in [1.807, 2.05) is 6.92 Å². The van der Waals surface area contributed by atoms with Crippen LogP contribution in [0.3, 0.4) is 0 Å². The summed E-state index contributed by atoms with van der Waals surface area (Å²) >= 11 is 0.101. The monoisotopic (exact) mass is 282 g/mol. The second-order valence-electron chi connectivity index (χ2n) is 5.19. The normalized spacial score (nSPS) is 32.2.